The molecule has 0 amide bonds. The highest BCUT2D eigenvalue weighted by atomic mass is 16.3. The van der Waals surface area contributed by atoms with Crippen molar-refractivity contribution in [3.63, 3.8) is 0 Å². The lowest BCUT2D eigenvalue weighted by Gasteiger charge is -2.06. The lowest BCUT2D eigenvalue weighted by atomic mass is 10.0. The minimum Gasteiger partial charge on any atom is -0.437 e. The smallest absolute Gasteiger partial charge is 0.227 e. The zero-order valence-electron chi connectivity index (χ0n) is 15.0. The number of rotatable bonds is 1. The molecule has 0 spiro atoms. The Kier molecular flexibility index (Phi) is 3.13. The molecule has 5 rings (SSSR count). The molecule has 0 unspecified atom stereocenters. The van der Waals surface area contributed by atoms with Gasteiger partial charge in [-0.05, 0) is 61.7 Å². The molecule has 26 heavy (non-hydrogen) atoms. The number of aromatic nitrogens is 2. The van der Waals surface area contributed by atoms with Gasteiger partial charge in [-0.2, -0.15) is 0 Å². The van der Waals surface area contributed by atoms with E-state index >= 15 is 0 Å². The summed E-state index contributed by atoms with van der Waals surface area (Å²) in [6, 6.07) is 16.7. The first-order chi connectivity index (χ1) is 12.6. The van der Waals surface area contributed by atoms with Gasteiger partial charge in [0.15, 0.2) is 0 Å². The second-order valence-electron chi connectivity index (χ2n) is 6.92. The van der Waals surface area contributed by atoms with Crippen molar-refractivity contribution in [1.29, 1.82) is 0 Å². The highest BCUT2D eigenvalue weighted by molar-refractivity contribution is 6.12. The molecule has 3 aromatic heterocycles. The molecular formula is C23H18N2O. The third kappa shape index (κ3) is 2.14. The summed E-state index contributed by atoms with van der Waals surface area (Å²) in [5.41, 5.74) is 8.03. The van der Waals surface area contributed by atoms with E-state index in [0.29, 0.717) is 5.71 Å². The number of furan rings is 1. The monoisotopic (exact) mass is 338 g/mol. The predicted octanol–water partition coefficient (Wildman–Crippen LogP) is 6.12. The van der Waals surface area contributed by atoms with Crippen molar-refractivity contribution in [2.24, 2.45) is 0 Å². The van der Waals surface area contributed by atoms with Gasteiger partial charge in [-0.15, -0.1) is 0 Å². The van der Waals surface area contributed by atoms with Gasteiger partial charge in [0.25, 0.3) is 0 Å². The van der Waals surface area contributed by atoms with Crippen LogP contribution in [0, 0.1) is 20.8 Å². The topological polar surface area (TPSA) is 38.9 Å². The number of hydrogen-bond donors (Lipinski definition) is 0. The van der Waals surface area contributed by atoms with Crippen LogP contribution < -0.4 is 0 Å². The van der Waals surface area contributed by atoms with Crippen molar-refractivity contribution in [2.75, 3.05) is 0 Å². The summed E-state index contributed by atoms with van der Waals surface area (Å²) < 4.78 is 6.25. The Morgan fingerprint density at radius 3 is 2.54 bits per heavy atom. The van der Waals surface area contributed by atoms with Gasteiger partial charge in [0.2, 0.25) is 5.71 Å². The molecular weight excluding hydrogens is 320 g/mol. The molecule has 0 N–H and O–H groups in total. The Morgan fingerprint density at radius 2 is 1.69 bits per heavy atom. The predicted molar refractivity (Wildman–Crippen MR) is 106 cm³/mol. The summed E-state index contributed by atoms with van der Waals surface area (Å²) in [7, 11) is 0. The van der Waals surface area contributed by atoms with Gasteiger partial charge >= 0.3 is 0 Å². The Hall–Kier alpha value is -3.20. The largest absolute Gasteiger partial charge is 0.437 e. The summed E-state index contributed by atoms with van der Waals surface area (Å²) in [5, 5.41) is 3.30. The van der Waals surface area contributed by atoms with E-state index in [-0.39, 0.29) is 0 Å². The Morgan fingerprint density at radius 1 is 0.846 bits per heavy atom. The summed E-state index contributed by atoms with van der Waals surface area (Å²) in [6.07, 6.45) is 1.92. The Balaban J connectivity index is 1.89. The zero-order chi connectivity index (χ0) is 17.8. The molecule has 126 valence electrons. The molecule has 0 atom stereocenters. The first-order valence-electron chi connectivity index (χ1n) is 8.77. The minimum atomic E-state index is 0.679. The van der Waals surface area contributed by atoms with E-state index < -0.39 is 0 Å². The molecule has 5 aromatic rings. The zero-order valence-corrected chi connectivity index (χ0v) is 15.0. The third-order valence-electron chi connectivity index (χ3n) is 5.17. The number of pyridine rings is 2. The highest BCUT2D eigenvalue weighted by Gasteiger charge is 2.17. The summed E-state index contributed by atoms with van der Waals surface area (Å²) in [6.45, 7) is 6.30. The van der Waals surface area contributed by atoms with E-state index in [1.807, 2.05) is 24.4 Å². The highest BCUT2D eigenvalue weighted by Crippen LogP contribution is 2.37. The average Bonchev–Trinajstić information content (AvgIpc) is 3.01. The maximum absolute atomic E-state index is 6.25. The van der Waals surface area contributed by atoms with Crippen LogP contribution in [0.15, 0.2) is 59.1 Å². The van der Waals surface area contributed by atoms with Crippen molar-refractivity contribution >= 4 is 33.0 Å². The number of nitrogens with zero attached hydrogens (tertiary/aromatic N) is 2. The number of para-hydroxylation sites is 1. The molecule has 0 aliphatic heterocycles. The van der Waals surface area contributed by atoms with Crippen LogP contribution in [-0.4, -0.2) is 9.97 Å². The normalized spacial score (nSPS) is 11.7. The van der Waals surface area contributed by atoms with Crippen LogP contribution in [0.1, 0.15) is 16.7 Å². The number of hydrogen-bond acceptors (Lipinski definition) is 3. The molecule has 0 aliphatic rings. The van der Waals surface area contributed by atoms with Gasteiger partial charge in [-0.25, -0.2) is 4.98 Å². The molecule has 0 radical (unpaired) electrons. The molecule has 0 aliphatic carbocycles. The maximum atomic E-state index is 6.25. The van der Waals surface area contributed by atoms with Crippen LogP contribution in [0.25, 0.3) is 44.2 Å². The van der Waals surface area contributed by atoms with Crippen LogP contribution in [0.4, 0.5) is 0 Å². The van der Waals surface area contributed by atoms with Gasteiger partial charge in [0.1, 0.15) is 5.58 Å². The average molecular weight is 338 g/mol. The van der Waals surface area contributed by atoms with Gasteiger partial charge < -0.3 is 4.42 Å². The Bertz CT molecular complexity index is 1310. The van der Waals surface area contributed by atoms with E-state index in [0.717, 1.165) is 38.5 Å². The standard InChI is InChI=1S/C23H18N2O/c1-13-8-9-17(20-10-14(2)15(3)12-24-20)22-21(13)18-11-16-6-4-5-7-19(16)25-23(18)26-22/h4-12H,1-3H3. The van der Waals surface area contributed by atoms with Crippen molar-refractivity contribution < 1.29 is 4.42 Å². The number of aryl methyl sites for hydroxylation is 3. The minimum absolute atomic E-state index is 0.679. The van der Waals surface area contributed by atoms with Crippen molar-refractivity contribution in [3.05, 3.63) is 71.4 Å². The van der Waals surface area contributed by atoms with Crippen LogP contribution >= 0.6 is 0 Å². The van der Waals surface area contributed by atoms with Gasteiger partial charge in [0.05, 0.1) is 11.2 Å². The Labute approximate surface area is 151 Å². The molecule has 0 saturated carbocycles. The first kappa shape index (κ1) is 15.1. The lowest BCUT2D eigenvalue weighted by molar-refractivity contribution is 0.656. The van der Waals surface area contributed by atoms with E-state index in [2.05, 4.69) is 56.1 Å². The molecule has 0 saturated heterocycles. The van der Waals surface area contributed by atoms with E-state index in [4.69, 9.17) is 9.40 Å². The fourth-order valence-electron chi connectivity index (χ4n) is 3.55. The van der Waals surface area contributed by atoms with Gasteiger partial charge in [0, 0.05) is 27.9 Å². The van der Waals surface area contributed by atoms with E-state index in [1.165, 1.54) is 16.7 Å². The first-order valence-corrected chi connectivity index (χ1v) is 8.77. The van der Waals surface area contributed by atoms with Gasteiger partial charge in [-0.3, -0.25) is 4.98 Å². The van der Waals surface area contributed by atoms with Crippen LogP contribution in [-0.2, 0) is 0 Å². The molecule has 3 heterocycles. The number of benzene rings is 2. The quantitative estimate of drug-likeness (QED) is 0.369. The molecule has 0 fully saturated rings. The summed E-state index contributed by atoms with van der Waals surface area (Å²) in [4.78, 5) is 9.37. The second kappa shape index (κ2) is 5.40. The van der Waals surface area contributed by atoms with Crippen LogP contribution in [0.5, 0.6) is 0 Å². The van der Waals surface area contributed by atoms with Gasteiger partial charge in [-0.1, -0.05) is 24.3 Å². The van der Waals surface area contributed by atoms with E-state index in [9.17, 15) is 0 Å². The van der Waals surface area contributed by atoms with Crippen LogP contribution in [0.3, 0.4) is 0 Å². The van der Waals surface area contributed by atoms with Crippen molar-refractivity contribution in [3.8, 4) is 11.3 Å². The molecule has 3 heteroatoms. The number of fused-ring (bicyclic) bond motifs is 4. The van der Waals surface area contributed by atoms with Crippen molar-refractivity contribution in [2.45, 2.75) is 20.8 Å². The summed E-state index contributed by atoms with van der Waals surface area (Å²) in [5.74, 6) is 0. The third-order valence-corrected chi connectivity index (χ3v) is 5.17. The lowest BCUT2D eigenvalue weighted by Crippen LogP contribution is -1.89. The second-order valence-corrected chi connectivity index (χ2v) is 6.92. The van der Waals surface area contributed by atoms with Crippen molar-refractivity contribution in [1.82, 2.24) is 9.97 Å². The molecule has 3 nitrogen and oxygen atoms in total. The maximum Gasteiger partial charge on any atom is 0.227 e. The van der Waals surface area contributed by atoms with E-state index in [1.54, 1.807) is 0 Å². The SMILES string of the molecule is Cc1cnc(-c2ccc(C)c3c2oc2nc4ccccc4cc23)cc1C. The fourth-order valence-corrected chi connectivity index (χ4v) is 3.55. The molecule has 0 bridgehead atoms. The fraction of sp³-hybridized carbons (Fsp3) is 0.130. The van der Waals surface area contributed by atoms with Crippen LogP contribution in [0.2, 0.25) is 0 Å². The molecule has 2 aromatic carbocycles. The summed E-state index contributed by atoms with van der Waals surface area (Å²) >= 11 is 0.